The Bertz CT molecular complexity index is 530. The number of hydrogen-bond donors (Lipinski definition) is 1. The van der Waals surface area contributed by atoms with Crippen LogP contribution in [-0.4, -0.2) is 24.7 Å². The summed E-state index contributed by atoms with van der Waals surface area (Å²) in [6.45, 7) is 2.40. The third kappa shape index (κ3) is 2.25. The number of benzene rings is 1. The van der Waals surface area contributed by atoms with E-state index in [-0.39, 0.29) is 5.97 Å². The molecule has 0 radical (unpaired) electrons. The van der Waals surface area contributed by atoms with Gasteiger partial charge in [-0.1, -0.05) is 6.92 Å². The molecule has 0 amide bonds. The van der Waals surface area contributed by atoms with Crippen LogP contribution in [0.15, 0.2) is 24.4 Å². The van der Waals surface area contributed by atoms with Gasteiger partial charge in [-0.2, -0.15) is 0 Å². The van der Waals surface area contributed by atoms with Gasteiger partial charge in [0.05, 0.1) is 19.3 Å². The van der Waals surface area contributed by atoms with Crippen molar-refractivity contribution in [2.45, 2.75) is 13.3 Å². The standard InChI is InChI=1S/C13H15NO3/c1-3-6-17-13(15)11-8-14-12-5-4-9(16-2)7-10(11)12/h4-5,7-8,14H,3,6H2,1-2H3. The number of nitrogens with one attached hydrogen (secondary N) is 1. The van der Waals surface area contributed by atoms with Crippen molar-refractivity contribution in [1.29, 1.82) is 0 Å². The molecule has 0 saturated heterocycles. The van der Waals surface area contributed by atoms with E-state index in [2.05, 4.69) is 4.98 Å². The number of H-pyrrole nitrogens is 1. The average molecular weight is 233 g/mol. The minimum atomic E-state index is -0.300. The van der Waals surface area contributed by atoms with E-state index < -0.39 is 0 Å². The van der Waals surface area contributed by atoms with Crippen molar-refractivity contribution in [3.05, 3.63) is 30.0 Å². The Hall–Kier alpha value is -1.97. The molecule has 1 N–H and O–H groups in total. The molecular formula is C13H15NO3. The van der Waals surface area contributed by atoms with Gasteiger partial charge in [0.15, 0.2) is 0 Å². The second kappa shape index (κ2) is 4.91. The maximum absolute atomic E-state index is 11.8. The quantitative estimate of drug-likeness (QED) is 0.826. The first-order chi connectivity index (χ1) is 8.26. The first-order valence-corrected chi connectivity index (χ1v) is 5.58. The van der Waals surface area contributed by atoms with Gasteiger partial charge in [-0.3, -0.25) is 0 Å². The van der Waals surface area contributed by atoms with E-state index in [0.29, 0.717) is 12.2 Å². The predicted octanol–water partition coefficient (Wildman–Crippen LogP) is 2.74. The van der Waals surface area contributed by atoms with Crippen molar-refractivity contribution in [1.82, 2.24) is 4.98 Å². The fourth-order valence-electron chi connectivity index (χ4n) is 1.67. The van der Waals surface area contributed by atoms with Gasteiger partial charge in [0.2, 0.25) is 0 Å². The minimum Gasteiger partial charge on any atom is -0.497 e. The van der Waals surface area contributed by atoms with Crippen LogP contribution in [-0.2, 0) is 4.74 Å². The Morgan fingerprint density at radius 3 is 2.94 bits per heavy atom. The monoisotopic (exact) mass is 233 g/mol. The summed E-state index contributed by atoms with van der Waals surface area (Å²) in [4.78, 5) is 14.8. The van der Waals surface area contributed by atoms with E-state index in [1.165, 1.54) is 0 Å². The lowest BCUT2D eigenvalue weighted by atomic mass is 10.1. The topological polar surface area (TPSA) is 51.3 Å². The molecule has 90 valence electrons. The van der Waals surface area contributed by atoms with Gasteiger partial charge in [-0.25, -0.2) is 4.79 Å². The van der Waals surface area contributed by atoms with Crippen LogP contribution >= 0.6 is 0 Å². The zero-order valence-electron chi connectivity index (χ0n) is 9.95. The second-order valence-corrected chi connectivity index (χ2v) is 3.75. The fourth-order valence-corrected chi connectivity index (χ4v) is 1.67. The van der Waals surface area contributed by atoms with Gasteiger partial charge in [0.1, 0.15) is 5.75 Å². The van der Waals surface area contributed by atoms with Gasteiger partial charge in [0.25, 0.3) is 0 Å². The molecule has 0 bridgehead atoms. The highest BCUT2D eigenvalue weighted by molar-refractivity contribution is 6.04. The summed E-state index contributed by atoms with van der Waals surface area (Å²) in [6.07, 6.45) is 2.49. The molecule has 0 unspecified atom stereocenters. The summed E-state index contributed by atoms with van der Waals surface area (Å²) in [5.41, 5.74) is 1.45. The Morgan fingerprint density at radius 1 is 1.41 bits per heavy atom. The molecule has 17 heavy (non-hydrogen) atoms. The summed E-state index contributed by atoms with van der Waals surface area (Å²) in [5.74, 6) is 0.424. The molecule has 1 aromatic carbocycles. The molecule has 0 fully saturated rings. The van der Waals surface area contributed by atoms with Crippen LogP contribution in [0.1, 0.15) is 23.7 Å². The molecule has 1 aromatic heterocycles. The number of aromatic amines is 1. The molecule has 2 rings (SSSR count). The number of fused-ring (bicyclic) bond motifs is 1. The fraction of sp³-hybridized carbons (Fsp3) is 0.308. The molecule has 0 aliphatic carbocycles. The van der Waals surface area contributed by atoms with Crippen LogP contribution in [0, 0.1) is 0 Å². The van der Waals surface area contributed by atoms with E-state index in [1.54, 1.807) is 13.3 Å². The third-order valence-corrected chi connectivity index (χ3v) is 2.55. The van der Waals surface area contributed by atoms with E-state index in [9.17, 15) is 4.79 Å². The van der Waals surface area contributed by atoms with Gasteiger partial charge in [-0.15, -0.1) is 0 Å². The smallest absolute Gasteiger partial charge is 0.340 e. The molecule has 0 spiro atoms. The normalized spacial score (nSPS) is 10.5. The van der Waals surface area contributed by atoms with Crippen molar-refractivity contribution in [3.8, 4) is 5.75 Å². The SMILES string of the molecule is CCCOC(=O)c1c[nH]c2ccc(OC)cc12. The summed E-state index contributed by atoms with van der Waals surface area (Å²) >= 11 is 0. The summed E-state index contributed by atoms with van der Waals surface area (Å²) in [7, 11) is 1.60. The van der Waals surface area contributed by atoms with Gasteiger partial charge in [0, 0.05) is 17.1 Å². The maximum Gasteiger partial charge on any atom is 0.340 e. The maximum atomic E-state index is 11.8. The van der Waals surface area contributed by atoms with Crippen molar-refractivity contribution in [2.75, 3.05) is 13.7 Å². The highest BCUT2D eigenvalue weighted by Crippen LogP contribution is 2.24. The molecule has 0 atom stereocenters. The number of ether oxygens (including phenoxy) is 2. The lowest BCUT2D eigenvalue weighted by molar-refractivity contribution is 0.0507. The van der Waals surface area contributed by atoms with Crippen LogP contribution in [0.3, 0.4) is 0 Å². The minimum absolute atomic E-state index is 0.300. The Kier molecular flexibility index (Phi) is 3.32. The van der Waals surface area contributed by atoms with E-state index in [4.69, 9.17) is 9.47 Å². The van der Waals surface area contributed by atoms with Crippen molar-refractivity contribution >= 4 is 16.9 Å². The predicted molar refractivity (Wildman–Crippen MR) is 65.4 cm³/mol. The molecule has 0 saturated carbocycles. The van der Waals surface area contributed by atoms with Crippen LogP contribution in [0.25, 0.3) is 10.9 Å². The second-order valence-electron chi connectivity index (χ2n) is 3.75. The molecule has 1 heterocycles. The molecule has 0 aliphatic heterocycles. The van der Waals surface area contributed by atoms with Crippen molar-refractivity contribution in [3.63, 3.8) is 0 Å². The van der Waals surface area contributed by atoms with Crippen LogP contribution < -0.4 is 4.74 Å². The van der Waals surface area contributed by atoms with Gasteiger partial charge >= 0.3 is 5.97 Å². The molecule has 0 aliphatic rings. The Morgan fingerprint density at radius 2 is 2.24 bits per heavy atom. The van der Waals surface area contributed by atoms with Crippen LogP contribution in [0.5, 0.6) is 5.75 Å². The number of rotatable bonds is 4. The number of carbonyl (C=O) groups excluding carboxylic acids is 1. The first-order valence-electron chi connectivity index (χ1n) is 5.58. The number of hydrogen-bond acceptors (Lipinski definition) is 3. The zero-order valence-corrected chi connectivity index (χ0v) is 9.95. The van der Waals surface area contributed by atoms with E-state index in [1.807, 2.05) is 25.1 Å². The summed E-state index contributed by atoms with van der Waals surface area (Å²) in [5, 5.41) is 0.824. The highest BCUT2D eigenvalue weighted by Gasteiger charge is 2.13. The number of methoxy groups -OCH3 is 1. The van der Waals surface area contributed by atoms with Crippen molar-refractivity contribution in [2.24, 2.45) is 0 Å². The Labute approximate surface area is 99.5 Å². The summed E-state index contributed by atoms with van der Waals surface area (Å²) in [6, 6.07) is 5.55. The number of aromatic nitrogens is 1. The number of esters is 1. The van der Waals surface area contributed by atoms with E-state index in [0.717, 1.165) is 23.1 Å². The third-order valence-electron chi connectivity index (χ3n) is 2.55. The van der Waals surface area contributed by atoms with Gasteiger partial charge in [-0.05, 0) is 24.6 Å². The largest absolute Gasteiger partial charge is 0.497 e. The highest BCUT2D eigenvalue weighted by atomic mass is 16.5. The Balaban J connectivity index is 2.36. The first kappa shape index (κ1) is 11.5. The number of carbonyl (C=O) groups is 1. The van der Waals surface area contributed by atoms with E-state index >= 15 is 0 Å². The van der Waals surface area contributed by atoms with Crippen LogP contribution in [0.4, 0.5) is 0 Å². The van der Waals surface area contributed by atoms with Crippen molar-refractivity contribution < 1.29 is 14.3 Å². The van der Waals surface area contributed by atoms with Crippen LogP contribution in [0.2, 0.25) is 0 Å². The molecule has 4 heteroatoms. The van der Waals surface area contributed by atoms with Gasteiger partial charge < -0.3 is 14.5 Å². The molecule has 2 aromatic rings. The molecule has 4 nitrogen and oxygen atoms in total. The zero-order chi connectivity index (χ0) is 12.3. The summed E-state index contributed by atoms with van der Waals surface area (Å²) < 4.78 is 10.3. The lowest BCUT2D eigenvalue weighted by Gasteiger charge is -2.02. The average Bonchev–Trinajstić information content (AvgIpc) is 2.78. The lowest BCUT2D eigenvalue weighted by Crippen LogP contribution is -2.04. The molecular weight excluding hydrogens is 218 g/mol.